The van der Waals surface area contributed by atoms with Crippen molar-refractivity contribution in [2.75, 3.05) is 6.54 Å². The van der Waals surface area contributed by atoms with E-state index < -0.39 is 4.92 Å². The van der Waals surface area contributed by atoms with Crippen LogP contribution in [-0.4, -0.2) is 22.3 Å². The topological polar surface area (TPSA) is 72.7 Å². The highest BCUT2D eigenvalue weighted by atomic mass is 35.5. The van der Waals surface area contributed by atoms with Crippen molar-refractivity contribution in [1.29, 1.82) is 0 Å². The molecule has 0 spiro atoms. The number of hydrogen-bond acceptors (Lipinski definition) is 4. The fraction of sp³-hybridized carbons (Fsp3) is 0.136. The van der Waals surface area contributed by atoms with Gasteiger partial charge in [0.15, 0.2) is 5.75 Å². The van der Waals surface area contributed by atoms with Crippen molar-refractivity contribution in [1.82, 2.24) is 4.90 Å². The molecule has 0 saturated heterocycles. The van der Waals surface area contributed by atoms with E-state index in [1.807, 2.05) is 35.2 Å². The molecule has 4 rings (SSSR count). The van der Waals surface area contributed by atoms with Crippen LogP contribution in [0.25, 0.3) is 0 Å². The molecule has 0 N–H and O–H groups in total. The van der Waals surface area contributed by atoms with Crippen LogP contribution in [0.3, 0.4) is 0 Å². The van der Waals surface area contributed by atoms with Crippen molar-refractivity contribution in [2.45, 2.75) is 13.0 Å². The summed E-state index contributed by atoms with van der Waals surface area (Å²) in [5.74, 6) is 0.561. The monoisotopic (exact) mass is 442 g/mol. The minimum absolute atomic E-state index is 0.0296. The predicted molar refractivity (Wildman–Crippen MR) is 115 cm³/mol. The third kappa shape index (κ3) is 4.10. The van der Waals surface area contributed by atoms with Gasteiger partial charge < -0.3 is 9.64 Å². The van der Waals surface area contributed by atoms with Crippen molar-refractivity contribution in [3.05, 3.63) is 97.5 Å². The molecule has 152 valence electrons. The molecular formula is C22H16Cl2N2O4. The molecule has 1 heterocycles. The highest BCUT2D eigenvalue weighted by Gasteiger charge is 2.25. The zero-order chi connectivity index (χ0) is 21.3. The van der Waals surface area contributed by atoms with Gasteiger partial charge >= 0.3 is 0 Å². The molecule has 30 heavy (non-hydrogen) atoms. The lowest BCUT2D eigenvalue weighted by Crippen LogP contribution is -2.37. The number of halogens is 2. The summed E-state index contributed by atoms with van der Waals surface area (Å²) < 4.78 is 5.79. The smallest absolute Gasteiger partial charge is 0.272 e. The maximum atomic E-state index is 12.9. The Balaban J connectivity index is 1.55. The molecule has 1 aliphatic heterocycles. The quantitative estimate of drug-likeness (QED) is 0.364. The SMILES string of the molecule is O=C1c2ccc(Oc3c(Cl)cc([N+](=O)[O-])cc3Cl)cc2CCN1Cc1ccccc1. The van der Waals surface area contributed by atoms with Gasteiger partial charge in [-0.25, -0.2) is 0 Å². The first-order chi connectivity index (χ1) is 14.4. The van der Waals surface area contributed by atoms with Crippen LogP contribution in [0.1, 0.15) is 21.5 Å². The molecule has 3 aromatic carbocycles. The third-order valence-corrected chi connectivity index (χ3v) is 5.44. The average molecular weight is 443 g/mol. The number of nitro benzene ring substituents is 1. The van der Waals surface area contributed by atoms with Crippen LogP contribution in [0.4, 0.5) is 5.69 Å². The predicted octanol–water partition coefficient (Wildman–Crippen LogP) is 5.89. The number of fused-ring (bicyclic) bond motifs is 1. The Morgan fingerprint density at radius 2 is 1.73 bits per heavy atom. The van der Waals surface area contributed by atoms with Gasteiger partial charge in [0.2, 0.25) is 0 Å². The second-order valence-corrected chi connectivity index (χ2v) is 7.69. The summed E-state index contributed by atoms with van der Waals surface area (Å²) in [5.41, 5.74) is 2.37. The second-order valence-electron chi connectivity index (χ2n) is 6.88. The Kier molecular flexibility index (Phi) is 5.61. The first kappa shape index (κ1) is 20.2. The van der Waals surface area contributed by atoms with Crippen molar-refractivity contribution in [2.24, 2.45) is 0 Å². The van der Waals surface area contributed by atoms with Crippen LogP contribution in [0, 0.1) is 10.1 Å². The number of carbonyl (C=O) groups excluding carboxylic acids is 1. The Hall–Kier alpha value is -3.09. The lowest BCUT2D eigenvalue weighted by Gasteiger charge is -2.29. The van der Waals surface area contributed by atoms with Crippen molar-refractivity contribution < 1.29 is 14.5 Å². The van der Waals surface area contributed by atoms with Crippen molar-refractivity contribution >= 4 is 34.8 Å². The van der Waals surface area contributed by atoms with Crippen LogP contribution in [0.15, 0.2) is 60.7 Å². The lowest BCUT2D eigenvalue weighted by atomic mass is 9.98. The molecule has 3 aromatic rings. The van der Waals surface area contributed by atoms with Gasteiger partial charge in [-0.1, -0.05) is 53.5 Å². The third-order valence-electron chi connectivity index (χ3n) is 4.88. The van der Waals surface area contributed by atoms with E-state index in [1.54, 1.807) is 18.2 Å². The highest BCUT2D eigenvalue weighted by molar-refractivity contribution is 6.37. The second kappa shape index (κ2) is 8.34. The number of ether oxygens (including phenoxy) is 1. The molecule has 0 radical (unpaired) electrons. The summed E-state index contributed by atoms with van der Waals surface area (Å²) in [6.45, 7) is 1.16. The summed E-state index contributed by atoms with van der Waals surface area (Å²) in [6, 6.07) is 17.4. The van der Waals surface area contributed by atoms with E-state index in [0.29, 0.717) is 30.8 Å². The van der Waals surface area contributed by atoms with Crippen molar-refractivity contribution in [3.8, 4) is 11.5 Å². The maximum absolute atomic E-state index is 12.9. The first-order valence-electron chi connectivity index (χ1n) is 9.20. The average Bonchev–Trinajstić information content (AvgIpc) is 2.73. The Bertz CT molecular complexity index is 1110. The first-order valence-corrected chi connectivity index (χ1v) is 9.95. The van der Waals surface area contributed by atoms with E-state index in [0.717, 1.165) is 11.1 Å². The van der Waals surface area contributed by atoms with Crippen LogP contribution in [0.2, 0.25) is 10.0 Å². The molecule has 6 nitrogen and oxygen atoms in total. The number of carbonyl (C=O) groups is 1. The van der Waals surface area contributed by atoms with E-state index in [1.165, 1.54) is 12.1 Å². The van der Waals surface area contributed by atoms with Crippen molar-refractivity contribution in [3.63, 3.8) is 0 Å². The van der Waals surface area contributed by atoms with Gasteiger partial charge in [-0.3, -0.25) is 14.9 Å². The number of non-ortho nitro benzene ring substituents is 1. The van der Waals surface area contributed by atoms with Gasteiger partial charge in [0.25, 0.3) is 11.6 Å². The van der Waals surface area contributed by atoms with Crippen LogP contribution in [-0.2, 0) is 13.0 Å². The molecule has 0 unspecified atom stereocenters. The van der Waals surface area contributed by atoms with Gasteiger partial charge in [0, 0.05) is 30.8 Å². The molecule has 0 bridgehead atoms. The van der Waals surface area contributed by atoms with Gasteiger partial charge in [0.1, 0.15) is 5.75 Å². The van der Waals surface area contributed by atoms with Gasteiger partial charge in [-0.15, -0.1) is 0 Å². The van der Waals surface area contributed by atoms with Gasteiger partial charge in [0.05, 0.1) is 15.0 Å². The minimum Gasteiger partial charge on any atom is -0.454 e. The Labute approximate surface area is 182 Å². The number of rotatable bonds is 5. The standard InChI is InChI=1S/C22H16Cl2N2O4/c23-19-11-16(26(28)29)12-20(24)21(19)30-17-6-7-18-15(10-17)8-9-25(22(18)27)13-14-4-2-1-3-5-14/h1-7,10-12H,8-9,13H2. The molecule has 1 aliphatic rings. The van der Waals surface area contributed by atoms with Crippen LogP contribution >= 0.6 is 23.2 Å². The van der Waals surface area contributed by atoms with E-state index in [9.17, 15) is 14.9 Å². The summed E-state index contributed by atoms with van der Waals surface area (Å²) in [5, 5.41) is 11.0. The van der Waals surface area contributed by atoms with Gasteiger partial charge in [-0.2, -0.15) is 0 Å². The number of nitro groups is 1. The van der Waals surface area contributed by atoms with E-state index >= 15 is 0 Å². The largest absolute Gasteiger partial charge is 0.454 e. The lowest BCUT2D eigenvalue weighted by molar-refractivity contribution is -0.384. The van der Waals surface area contributed by atoms with Crippen LogP contribution < -0.4 is 4.74 Å². The minimum atomic E-state index is -0.576. The zero-order valence-electron chi connectivity index (χ0n) is 15.7. The molecule has 0 atom stereocenters. The normalized spacial score (nSPS) is 13.1. The number of hydrogen-bond donors (Lipinski definition) is 0. The number of nitrogens with zero attached hydrogens (tertiary/aromatic N) is 2. The molecular weight excluding hydrogens is 427 g/mol. The maximum Gasteiger partial charge on any atom is 0.272 e. The number of amides is 1. The summed E-state index contributed by atoms with van der Waals surface area (Å²) in [6.07, 6.45) is 0.687. The Morgan fingerprint density at radius 3 is 2.40 bits per heavy atom. The summed E-state index contributed by atoms with van der Waals surface area (Å²) in [7, 11) is 0. The summed E-state index contributed by atoms with van der Waals surface area (Å²) >= 11 is 12.2. The molecule has 0 aromatic heterocycles. The molecule has 8 heteroatoms. The molecule has 1 amide bonds. The fourth-order valence-corrected chi connectivity index (χ4v) is 3.95. The Morgan fingerprint density at radius 1 is 1.03 bits per heavy atom. The van der Waals surface area contributed by atoms with E-state index in [2.05, 4.69) is 0 Å². The van der Waals surface area contributed by atoms with Crippen LogP contribution in [0.5, 0.6) is 11.5 Å². The van der Waals surface area contributed by atoms with E-state index in [4.69, 9.17) is 27.9 Å². The van der Waals surface area contributed by atoms with E-state index in [-0.39, 0.29) is 27.4 Å². The molecule has 0 saturated carbocycles. The highest BCUT2D eigenvalue weighted by Crippen LogP contribution is 2.40. The zero-order valence-corrected chi connectivity index (χ0v) is 17.2. The van der Waals surface area contributed by atoms with Gasteiger partial charge in [-0.05, 0) is 35.7 Å². The molecule has 0 fully saturated rings. The number of benzene rings is 3. The fourth-order valence-electron chi connectivity index (χ4n) is 3.40. The molecule has 0 aliphatic carbocycles. The summed E-state index contributed by atoms with van der Waals surface area (Å²) in [4.78, 5) is 25.0.